The summed E-state index contributed by atoms with van der Waals surface area (Å²) in [7, 11) is 2.08. The Balaban J connectivity index is 1.39. The number of benzene rings is 1. The molecule has 2 amide bonds. The third-order valence-corrected chi connectivity index (χ3v) is 5.75. The number of urea groups is 1. The largest absolute Gasteiger partial charge is 0.354 e. The summed E-state index contributed by atoms with van der Waals surface area (Å²) in [6.45, 7) is 3.68. The number of aromatic nitrogens is 2. The van der Waals surface area contributed by atoms with Gasteiger partial charge in [-0.2, -0.15) is 0 Å². The second-order valence-electron chi connectivity index (χ2n) is 8.47. The molecule has 1 aliphatic heterocycles. The molecule has 1 aromatic carbocycles. The molecule has 1 saturated heterocycles. The molecule has 0 radical (unpaired) electrons. The Morgan fingerprint density at radius 3 is 2.73 bits per heavy atom. The normalized spacial score (nSPS) is 18.4. The predicted molar refractivity (Wildman–Crippen MR) is 132 cm³/mol. The van der Waals surface area contributed by atoms with E-state index in [-0.39, 0.29) is 12.1 Å². The molecule has 0 aliphatic carbocycles. The fraction of sp³-hybridized carbons (Fsp3) is 0.280. The number of amides is 2. The van der Waals surface area contributed by atoms with E-state index in [1.165, 1.54) is 11.8 Å². The zero-order valence-corrected chi connectivity index (χ0v) is 18.9. The van der Waals surface area contributed by atoms with E-state index in [0.29, 0.717) is 23.0 Å². The highest BCUT2D eigenvalue weighted by Crippen LogP contribution is 2.26. The van der Waals surface area contributed by atoms with Gasteiger partial charge >= 0.3 is 6.03 Å². The van der Waals surface area contributed by atoms with Gasteiger partial charge in [0, 0.05) is 48.5 Å². The predicted octanol–water partition coefficient (Wildman–Crippen LogP) is 4.14. The lowest BCUT2D eigenvalue weighted by Gasteiger charge is -2.36. The van der Waals surface area contributed by atoms with Crippen LogP contribution in [0, 0.1) is 12.3 Å². The number of aryl methyl sites for hydroxylation is 1. The standard InChI is InChI=1S/C25H29N7O/c1-17-10-21(8-9-27-17)29-23-14-28-24(12-19(23)13-26)31-25(33)30-22-11-20(15-32(2)16-22)18-6-4-3-5-7-18/h3-10,12-14,20,22,26H,11,15-16H2,1-2H3,(H,27,29)(H2,28,30,31,33). The number of pyridine rings is 2. The van der Waals surface area contributed by atoms with E-state index in [4.69, 9.17) is 5.41 Å². The van der Waals surface area contributed by atoms with Crippen LogP contribution in [-0.2, 0) is 0 Å². The van der Waals surface area contributed by atoms with Crippen molar-refractivity contribution < 1.29 is 4.79 Å². The highest BCUT2D eigenvalue weighted by Gasteiger charge is 2.27. The number of rotatable bonds is 6. The summed E-state index contributed by atoms with van der Waals surface area (Å²) in [6.07, 6.45) is 5.46. The lowest BCUT2D eigenvalue weighted by atomic mass is 9.88. The van der Waals surface area contributed by atoms with Gasteiger partial charge in [-0.3, -0.25) is 10.3 Å². The van der Waals surface area contributed by atoms with Crippen molar-refractivity contribution in [3.05, 3.63) is 77.7 Å². The first-order valence-electron chi connectivity index (χ1n) is 11.0. The Bertz CT molecular complexity index is 1120. The average molecular weight is 444 g/mol. The number of hydrogen-bond donors (Lipinski definition) is 4. The first-order valence-corrected chi connectivity index (χ1v) is 11.0. The van der Waals surface area contributed by atoms with Crippen LogP contribution in [0.25, 0.3) is 0 Å². The Morgan fingerprint density at radius 2 is 1.97 bits per heavy atom. The Labute approximate surface area is 194 Å². The smallest absolute Gasteiger partial charge is 0.320 e. The molecule has 2 unspecified atom stereocenters. The lowest BCUT2D eigenvalue weighted by Crippen LogP contribution is -2.49. The summed E-state index contributed by atoms with van der Waals surface area (Å²) in [5.41, 5.74) is 4.35. The first kappa shape index (κ1) is 22.4. The van der Waals surface area contributed by atoms with E-state index in [1.54, 1.807) is 18.5 Å². The minimum Gasteiger partial charge on any atom is -0.354 e. The third-order valence-electron chi connectivity index (χ3n) is 5.75. The molecule has 0 saturated carbocycles. The fourth-order valence-corrected chi connectivity index (χ4v) is 4.27. The molecule has 1 aliphatic rings. The molecule has 170 valence electrons. The van der Waals surface area contributed by atoms with Crippen LogP contribution in [0.4, 0.5) is 22.0 Å². The molecule has 8 heteroatoms. The van der Waals surface area contributed by atoms with Crippen LogP contribution in [-0.4, -0.2) is 53.3 Å². The molecule has 3 aromatic rings. The van der Waals surface area contributed by atoms with Gasteiger partial charge < -0.3 is 20.9 Å². The third kappa shape index (κ3) is 5.93. The number of carbonyl (C=O) groups excluding carboxylic acids is 1. The number of hydrogen-bond acceptors (Lipinski definition) is 6. The fourth-order valence-electron chi connectivity index (χ4n) is 4.27. The summed E-state index contributed by atoms with van der Waals surface area (Å²) in [5, 5.41) is 16.9. The van der Waals surface area contributed by atoms with Crippen LogP contribution >= 0.6 is 0 Å². The molecule has 0 bridgehead atoms. The maximum Gasteiger partial charge on any atom is 0.320 e. The van der Waals surface area contributed by atoms with Crippen LogP contribution in [0.3, 0.4) is 0 Å². The van der Waals surface area contributed by atoms with Gasteiger partial charge in [-0.25, -0.2) is 9.78 Å². The molecule has 2 aromatic heterocycles. The molecule has 2 atom stereocenters. The van der Waals surface area contributed by atoms with Gasteiger partial charge in [-0.15, -0.1) is 0 Å². The second-order valence-corrected chi connectivity index (χ2v) is 8.47. The molecule has 1 fully saturated rings. The lowest BCUT2D eigenvalue weighted by molar-refractivity contribution is 0.201. The number of piperidine rings is 1. The highest BCUT2D eigenvalue weighted by molar-refractivity contribution is 5.92. The van der Waals surface area contributed by atoms with Gasteiger partial charge in [0.25, 0.3) is 0 Å². The molecule has 4 N–H and O–H groups in total. The molecule has 4 rings (SSSR count). The molecular formula is C25H29N7O. The van der Waals surface area contributed by atoms with Crippen molar-refractivity contribution in [2.75, 3.05) is 30.8 Å². The Morgan fingerprint density at radius 1 is 1.15 bits per heavy atom. The summed E-state index contributed by atoms with van der Waals surface area (Å²) in [5.74, 6) is 0.770. The van der Waals surface area contributed by atoms with Gasteiger partial charge in [-0.05, 0) is 50.1 Å². The number of nitrogens with zero attached hydrogens (tertiary/aromatic N) is 3. The Kier molecular flexibility index (Phi) is 6.95. The second kappa shape index (κ2) is 10.2. The van der Waals surface area contributed by atoms with Crippen molar-refractivity contribution in [3.8, 4) is 0 Å². The van der Waals surface area contributed by atoms with Crippen molar-refractivity contribution >= 4 is 29.4 Å². The topological polar surface area (TPSA) is 106 Å². The summed E-state index contributed by atoms with van der Waals surface area (Å²) >= 11 is 0. The van der Waals surface area contributed by atoms with Crippen LogP contribution in [0.5, 0.6) is 0 Å². The number of nitrogens with one attached hydrogen (secondary N) is 4. The highest BCUT2D eigenvalue weighted by atomic mass is 16.2. The number of carbonyl (C=O) groups is 1. The summed E-state index contributed by atoms with van der Waals surface area (Å²) in [6, 6.07) is 15.6. The van der Waals surface area contributed by atoms with E-state index in [0.717, 1.165) is 30.9 Å². The maximum atomic E-state index is 12.7. The van der Waals surface area contributed by atoms with Crippen molar-refractivity contribution in [1.29, 1.82) is 5.41 Å². The monoisotopic (exact) mass is 443 g/mol. The van der Waals surface area contributed by atoms with Crippen molar-refractivity contribution in [2.45, 2.75) is 25.3 Å². The maximum absolute atomic E-state index is 12.7. The van der Waals surface area contributed by atoms with Crippen LogP contribution < -0.4 is 16.0 Å². The zero-order valence-electron chi connectivity index (χ0n) is 18.9. The van der Waals surface area contributed by atoms with Gasteiger partial charge in [0.1, 0.15) is 5.82 Å². The van der Waals surface area contributed by atoms with Gasteiger partial charge in [0.05, 0.1) is 11.9 Å². The number of likely N-dealkylation sites (N-methyl/N-ethyl adjacent to an activating group) is 1. The van der Waals surface area contributed by atoms with Gasteiger partial charge in [-0.1, -0.05) is 30.3 Å². The van der Waals surface area contributed by atoms with E-state index in [9.17, 15) is 4.79 Å². The minimum absolute atomic E-state index is 0.0343. The van der Waals surface area contributed by atoms with Crippen LogP contribution in [0.2, 0.25) is 0 Å². The van der Waals surface area contributed by atoms with E-state index >= 15 is 0 Å². The molecular weight excluding hydrogens is 414 g/mol. The number of anilines is 3. The van der Waals surface area contributed by atoms with Crippen molar-refractivity contribution in [2.24, 2.45) is 0 Å². The first-order chi connectivity index (χ1) is 16.0. The van der Waals surface area contributed by atoms with Crippen molar-refractivity contribution in [1.82, 2.24) is 20.2 Å². The van der Waals surface area contributed by atoms with Gasteiger partial charge in [0.2, 0.25) is 0 Å². The van der Waals surface area contributed by atoms with E-state index < -0.39 is 0 Å². The van der Waals surface area contributed by atoms with Crippen molar-refractivity contribution in [3.63, 3.8) is 0 Å². The van der Waals surface area contributed by atoms with E-state index in [1.807, 2.05) is 25.1 Å². The van der Waals surface area contributed by atoms with Crippen LogP contribution in [0.1, 0.15) is 29.2 Å². The summed E-state index contributed by atoms with van der Waals surface area (Å²) in [4.78, 5) is 23.5. The van der Waals surface area contributed by atoms with Crippen LogP contribution in [0.15, 0.2) is 60.9 Å². The van der Waals surface area contributed by atoms with E-state index in [2.05, 4.69) is 62.1 Å². The molecule has 8 nitrogen and oxygen atoms in total. The molecule has 3 heterocycles. The minimum atomic E-state index is -0.295. The molecule has 0 spiro atoms. The average Bonchev–Trinajstić information content (AvgIpc) is 2.80. The Hall–Kier alpha value is -3.78. The summed E-state index contributed by atoms with van der Waals surface area (Å²) < 4.78 is 0. The quantitative estimate of drug-likeness (QED) is 0.429. The number of likely N-dealkylation sites (tertiary alicyclic amines) is 1. The van der Waals surface area contributed by atoms with Gasteiger partial charge in [0.15, 0.2) is 0 Å². The zero-order chi connectivity index (χ0) is 23.2. The molecule has 33 heavy (non-hydrogen) atoms. The SMILES string of the molecule is Cc1cc(Nc2cnc(NC(=O)NC3CC(c4ccccc4)CN(C)C3)cc2C=N)ccn1.